The minimum atomic E-state index is -3.04. The molecule has 2 unspecified atom stereocenters. The van der Waals surface area contributed by atoms with E-state index in [0.29, 0.717) is 13.0 Å². The van der Waals surface area contributed by atoms with Crippen molar-refractivity contribution in [1.29, 1.82) is 0 Å². The van der Waals surface area contributed by atoms with Crippen LogP contribution in [-0.2, 0) is 27.6 Å². The summed E-state index contributed by atoms with van der Waals surface area (Å²) in [5.74, 6) is 1.04. The lowest BCUT2D eigenvalue weighted by atomic mass is 9.96. The lowest BCUT2D eigenvalue weighted by molar-refractivity contribution is -0.121. The van der Waals surface area contributed by atoms with Crippen LogP contribution in [0.15, 0.2) is 47.1 Å². The van der Waals surface area contributed by atoms with Gasteiger partial charge in [0.2, 0.25) is 5.91 Å². The maximum Gasteiger partial charge on any atom is 0.241 e. The Morgan fingerprint density at radius 1 is 1.21 bits per heavy atom. The van der Waals surface area contributed by atoms with Crippen LogP contribution in [-0.4, -0.2) is 49.4 Å². The van der Waals surface area contributed by atoms with Crippen LogP contribution < -0.4 is 4.90 Å². The van der Waals surface area contributed by atoms with Gasteiger partial charge >= 0.3 is 0 Å². The number of furan rings is 1. The van der Waals surface area contributed by atoms with Crippen molar-refractivity contribution in [3.63, 3.8) is 0 Å². The van der Waals surface area contributed by atoms with E-state index in [1.807, 2.05) is 40.1 Å². The van der Waals surface area contributed by atoms with E-state index in [2.05, 4.69) is 13.0 Å². The Bertz CT molecular complexity index is 939. The van der Waals surface area contributed by atoms with Crippen LogP contribution in [0.1, 0.15) is 31.1 Å². The summed E-state index contributed by atoms with van der Waals surface area (Å²) in [4.78, 5) is 17.2. The quantitative estimate of drug-likeness (QED) is 0.769. The first-order valence-electron chi connectivity index (χ1n) is 9.80. The van der Waals surface area contributed by atoms with Gasteiger partial charge in [-0.05, 0) is 49.9 Å². The zero-order chi connectivity index (χ0) is 19.7. The van der Waals surface area contributed by atoms with E-state index in [1.54, 1.807) is 6.26 Å². The van der Waals surface area contributed by atoms with Crippen molar-refractivity contribution in [1.82, 2.24) is 4.90 Å². The molecule has 0 N–H and O–H groups in total. The summed E-state index contributed by atoms with van der Waals surface area (Å²) in [5.41, 5.74) is 2.17. The van der Waals surface area contributed by atoms with Crippen LogP contribution in [0.2, 0.25) is 0 Å². The first-order valence-corrected chi connectivity index (χ1v) is 11.6. The molecule has 2 aliphatic rings. The maximum atomic E-state index is 13.3. The number of carbonyl (C=O) groups is 1. The molecule has 0 aliphatic carbocycles. The number of hydrogen-bond acceptors (Lipinski definition) is 5. The number of sulfone groups is 1. The molecule has 0 saturated carbocycles. The van der Waals surface area contributed by atoms with Crippen molar-refractivity contribution in [2.75, 3.05) is 23.0 Å². The highest BCUT2D eigenvalue weighted by Crippen LogP contribution is 2.31. The molecule has 1 amide bonds. The van der Waals surface area contributed by atoms with Crippen molar-refractivity contribution in [2.45, 2.75) is 44.8 Å². The van der Waals surface area contributed by atoms with Crippen molar-refractivity contribution in [2.24, 2.45) is 0 Å². The highest BCUT2D eigenvalue weighted by atomic mass is 32.2. The zero-order valence-corrected chi connectivity index (χ0v) is 16.9. The fourth-order valence-corrected chi connectivity index (χ4v) is 6.06. The predicted octanol–water partition coefficient (Wildman–Crippen LogP) is 2.64. The lowest BCUT2D eigenvalue weighted by Crippen LogP contribution is -2.49. The lowest BCUT2D eigenvalue weighted by Gasteiger charge is -2.37. The van der Waals surface area contributed by atoms with Gasteiger partial charge in [-0.25, -0.2) is 8.42 Å². The second-order valence-electron chi connectivity index (χ2n) is 7.82. The van der Waals surface area contributed by atoms with Crippen LogP contribution in [0.5, 0.6) is 0 Å². The number of anilines is 1. The molecule has 0 radical (unpaired) electrons. The fourth-order valence-electron chi connectivity index (χ4n) is 4.30. The first kappa shape index (κ1) is 19.2. The molecule has 0 spiro atoms. The topological polar surface area (TPSA) is 70.8 Å². The summed E-state index contributed by atoms with van der Waals surface area (Å²) in [5, 5.41) is 0. The summed E-state index contributed by atoms with van der Waals surface area (Å²) < 4.78 is 29.5. The molecule has 2 aliphatic heterocycles. The molecule has 6 nitrogen and oxygen atoms in total. The van der Waals surface area contributed by atoms with E-state index >= 15 is 0 Å². The molecule has 1 saturated heterocycles. The number of hydrogen-bond donors (Lipinski definition) is 0. The van der Waals surface area contributed by atoms with E-state index in [1.165, 1.54) is 5.56 Å². The van der Waals surface area contributed by atoms with Crippen molar-refractivity contribution in [3.8, 4) is 0 Å². The SMILES string of the molecule is CC1CCc2ccccc2N1C(=O)CN(Cc1ccco1)C1CCS(=O)(=O)C1. The molecule has 3 heterocycles. The number of rotatable bonds is 5. The van der Waals surface area contributed by atoms with E-state index in [0.717, 1.165) is 24.3 Å². The second kappa shape index (κ2) is 7.72. The number of amides is 1. The molecule has 1 aromatic carbocycles. The van der Waals surface area contributed by atoms with Gasteiger partial charge in [0, 0.05) is 17.8 Å². The smallest absolute Gasteiger partial charge is 0.241 e. The average molecular weight is 403 g/mol. The number of nitrogens with zero attached hydrogens (tertiary/aromatic N) is 2. The Morgan fingerprint density at radius 2 is 2.04 bits per heavy atom. The Labute approximate surface area is 166 Å². The van der Waals surface area contributed by atoms with Gasteiger partial charge in [-0.15, -0.1) is 0 Å². The molecular formula is C21H26N2O4S. The van der Waals surface area contributed by atoms with Crippen molar-refractivity contribution < 1.29 is 17.6 Å². The zero-order valence-electron chi connectivity index (χ0n) is 16.1. The monoisotopic (exact) mass is 402 g/mol. The third-order valence-electron chi connectivity index (χ3n) is 5.79. The number of para-hydroxylation sites is 1. The average Bonchev–Trinajstić information content (AvgIpc) is 3.30. The summed E-state index contributed by atoms with van der Waals surface area (Å²) in [7, 11) is -3.04. The molecule has 150 valence electrons. The second-order valence-corrected chi connectivity index (χ2v) is 10.1. The fraction of sp³-hybridized carbons (Fsp3) is 0.476. The van der Waals surface area contributed by atoms with Gasteiger partial charge in [0.05, 0.1) is 30.9 Å². The van der Waals surface area contributed by atoms with Crippen LogP contribution >= 0.6 is 0 Å². The molecule has 1 aromatic heterocycles. The Hall–Kier alpha value is -2.12. The number of fused-ring (bicyclic) bond motifs is 1. The van der Waals surface area contributed by atoms with Gasteiger partial charge in [-0.1, -0.05) is 18.2 Å². The van der Waals surface area contributed by atoms with Crippen molar-refractivity contribution >= 4 is 21.4 Å². The van der Waals surface area contributed by atoms with Crippen LogP contribution in [0.3, 0.4) is 0 Å². The number of aryl methyl sites for hydroxylation is 1. The van der Waals surface area contributed by atoms with Crippen molar-refractivity contribution in [3.05, 3.63) is 54.0 Å². The van der Waals surface area contributed by atoms with Crippen LogP contribution in [0.4, 0.5) is 5.69 Å². The van der Waals surface area contributed by atoms with Crippen LogP contribution in [0, 0.1) is 0 Å². The highest BCUT2D eigenvalue weighted by molar-refractivity contribution is 7.91. The molecule has 2 aromatic rings. The number of carbonyl (C=O) groups excluding carboxylic acids is 1. The molecule has 28 heavy (non-hydrogen) atoms. The van der Waals surface area contributed by atoms with Gasteiger partial charge < -0.3 is 9.32 Å². The normalized spacial score (nSPS) is 23.7. The Balaban J connectivity index is 1.57. The largest absolute Gasteiger partial charge is 0.468 e. The van der Waals surface area contributed by atoms with E-state index in [-0.39, 0.29) is 36.0 Å². The van der Waals surface area contributed by atoms with Gasteiger partial charge in [-0.2, -0.15) is 0 Å². The van der Waals surface area contributed by atoms with Gasteiger partial charge in [0.15, 0.2) is 9.84 Å². The van der Waals surface area contributed by atoms with Gasteiger partial charge in [0.1, 0.15) is 5.76 Å². The Morgan fingerprint density at radius 3 is 2.75 bits per heavy atom. The van der Waals surface area contributed by atoms with E-state index in [4.69, 9.17) is 4.42 Å². The summed E-state index contributed by atoms with van der Waals surface area (Å²) >= 11 is 0. The van der Waals surface area contributed by atoms with Gasteiger partial charge in [0.25, 0.3) is 0 Å². The summed E-state index contributed by atoms with van der Waals surface area (Å²) in [6, 6.07) is 11.7. The predicted molar refractivity (Wildman–Crippen MR) is 108 cm³/mol. The minimum absolute atomic E-state index is 0.00973. The minimum Gasteiger partial charge on any atom is -0.468 e. The molecule has 0 bridgehead atoms. The van der Waals surface area contributed by atoms with E-state index < -0.39 is 9.84 Å². The molecular weight excluding hydrogens is 376 g/mol. The highest BCUT2D eigenvalue weighted by Gasteiger charge is 2.35. The summed E-state index contributed by atoms with van der Waals surface area (Å²) in [6.45, 7) is 2.69. The number of benzene rings is 1. The third-order valence-corrected chi connectivity index (χ3v) is 7.54. The first-order chi connectivity index (χ1) is 13.4. The van der Waals surface area contributed by atoms with Gasteiger partial charge in [-0.3, -0.25) is 9.69 Å². The van der Waals surface area contributed by atoms with E-state index in [9.17, 15) is 13.2 Å². The third kappa shape index (κ3) is 4.00. The summed E-state index contributed by atoms with van der Waals surface area (Å²) in [6.07, 6.45) is 4.06. The molecule has 4 rings (SSSR count). The van der Waals surface area contributed by atoms with Crippen LogP contribution in [0.25, 0.3) is 0 Å². The standard InChI is InChI=1S/C21H26N2O4S/c1-16-8-9-17-5-2-3-7-20(17)23(16)21(24)14-22(13-19-6-4-11-27-19)18-10-12-28(25,26)15-18/h2-7,11,16,18H,8-10,12-15H2,1H3. The molecule has 7 heteroatoms. The maximum absolute atomic E-state index is 13.3. The molecule has 1 fully saturated rings. The Kier molecular flexibility index (Phi) is 5.29. The molecule has 2 atom stereocenters.